The zero-order valence-corrected chi connectivity index (χ0v) is 18.1. The van der Waals surface area contributed by atoms with Crippen LogP contribution < -0.4 is 37.3 Å². The largest absolute Gasteiger partial charge is 0.446 e. The molecule has 4 N–H and O–H groups in total. The van der Waals surface area contributed by atoms with E-state index in [0.717, 1.165) is 4.57 Å². The summed E-state index contributed by atoms with van der Waals surface area (Å²) in [7, 11) is 24.4. The fourth-order valence-corrected chi connectivity index (χ4v) is 3.55. The van der Waals surface area contributed by atoms with Gasteiger partial charge < -0.3 is 5.32 Å². The minimum atomic E-state index is -4.24. The summed E-state index contributed by atoms with van der Waals surface area (Å²) < 4.78 is 48.0. The number of rotatable bonds is 7. The zero-order chi connectivity index (χ0) is 24.0. The first-order chi connectivity index (χ1) is 14.7. The van der Waals surface area contributed by atoms with Crippen molar-refractivity contribution in [1.29, 1.82) is 0 Å². The Hall–Kier alpha value is -2.30. The van der Waals surface area contributed by atoms with Crippen LogP contribution in [0.2, 0.25) is 0 Å². The fraction of sp³-hybridized carbons (Fsp3) is 0.167. The Morgan fingerprint density at radius 1 is 1.16 bits per heavy atom. The highest BCUT2D eigenvalue weighted by molar-refractivity contribution is 9.10. The lowest BCUT2D eigenvalue weighted by Crippen LogP contribution is -2.56. The Morgan fingerprint density at radius 2 is 1.81 bits per heavy atom. The molecule has 0 atom stereocenters. The summed E-state index contributed by atoms with van der Waals surface area (Å²) in [5, 5.41) is 16.1. The Morgan fingerprint density at radius 3 is 2.44 bits per heavy atom. The second kappa shape index (κ2) is 8.57. The average molecular weight is 513 g/mol. The van der Waals surface area contributed by atoms with E-state index in [1.54, 1.807) is 4.72 Å². The number of nitrogens with two attached hydrogens (primary N) is 1. The highest BCUT2D eigenvalue weighted by Gasteiger charge is 2.28. The van der Waals surface area contributed by atoms with Gasteiger partial charge >= 0.3 is 5.76 Å². The van der Waals surface area contributed by atoms with Crippen LogP contribution in [-0.4, -0.2) is 79.6 Å². The van der Waals surface area contributed by atoms with E-state index in [1.807, 2.05) is 0 Å². The molecule has 0 saturated heterocycles. The predicted octanol–water partition coefficient (Wildman–Crippen LogP) is -4.65. The molecule has 0 aliphatic heterocycles. The van der Waals surface area contributed by atoms with Gasteiger partial charge in [-0.2, -0.15) is 8.42 Å². The molecule has 1 aromatic carbocycles. The van der Waals surface area contributed by atoms with E-state index < -0.39 is 39.1 Å². The zero-order valence-electron chi connectivity index (χ0n) is 15.7. The normalized spacial score (nSPS) is 12.2. The van der Waals surface area contributed by atoms with Crippen molar-refractivity contribution in [2.45, 2.75) is 5.34 Å². The second-order valence-electron chi connectivity index (χ2n) is 6.33. The standard InChI is InChI=1S/C12H6B5BrFN7O5S/c13-2-3(14)8(4(15)5(18)6(2)19)26-10(24-30-11(26)27)7-9(23-31-22-7)21-1-12(16,17)25-32(20,28)29/h25H,1H2,(H,21,23)(H2,20,28,29). The van der Waals surface area contributed by atoms with Gasteiger partial charge in [0, 0.05) is 16.7 Å². The van der Waals surface area contributed by atoms with Gasteiger partial charge in [0.2, 0.25) is 11.6 Å². The molecule has 20 heteroatoms. The van der Waals surface area contributed by atoms with Crippen molar-refractivity contribution in [3.05, 3.63) is 20.8 Å². The van der Waals surface area contributed by atoms with E-state index in [4.69, 9.17) is 44.4 Å². The molecule has 0 saturated carbocycles. The van der Waals surface area contributed by atoms with Crippen molar-refractivity contribution in [2.75, 3.05) is 11.9 Å². The molecule has 0 amide bonds. The molecule has 2 heterocycles. The number of hydrogen-bond donors (Lipinski definition) is 3. The first-order valence-corrected chi connectivity index (χ1v) is 10.4. The first-order valence-electron chi connectivity index (χ1n) is 8.10. The highest BCUT2D eigenvalue weighted by atomic mass is 79.9. The van der Waals surface area contributed by atoms with Gasteiger partial charge in [0.05, 0.1) is 15.7 Å². The van der Waals surface area contributed by atoms with Crippen molar-refractivity contribution in [2.24, 2.45) is 5.14 Å². The summed E-state index contributed by atoms with van der Waals surface area (Å²) in [6.45, 7) is -0.480. The summed E-state index contributed by atoms with van der Waals surface area (Å²) in [4.78, 5) is 12.4. The number of nitrogens with zero attached hydrogens (tertiary/aromatic N) is 4. The second-order valence-corrected chi connectivity index (χ2v) is 8.41. The molecule has 3 rings (SSSR count). The molecule has 0 unspecified atom stereocenters. The van der Waals surface area contributed by atoms with Crippen LogP contribution in [0.3, 0.4) is 0 Å². The van der Waals surface area contributed by atoms with Crippen LogP contribution in [0, 0.1) is 5.82 Å². The third-order valence-electron chi connectivity index (χ3n) is 3.88. The molecule has 2 aromatic heterocycles. The topological polar surface area (TPSA) is 171 Å². The molecule has 32 heavy (non-hydrogen) atoms. The summed E-state index contributed by atoms with van der Waals surface area (Å²) in [5.41, 5.74) is -1.68. The average Bonchev–Trinajstić information content (AvgIpc) is 3.28. The number of halogens is 2. The predicted molar refractivity (Wildman–Crippen MR) is 118 cm³/mol. The van der Waals surface area contributed by atoms with E-state index >= 15 is 0 Å². The SMILES string of the molecule is [B]c1c([B])c(-n2c(-c3nonc3NCC([B])([B])NS(N)(=O)=O)noc2=O)c([B])c(Br)c1F. The van der Waals surface area contributed by atoms with Gasteiger partial charge in [-0.3, -0.25) is 4.52 Å². The molecule has 0 bridgehead atoms. The smallest absolute Gasteiger partial charge is 0.365 e. The first kappa shape index (κ1) is 24.3. The highest BCUT2D eigenvalue weighted by Crippen LogP contribution is 2.24. The number of aromatic nitrogens is 4. The maximum Gasteiger partial charge on any atom is 0.446 e. The number of hydrogen-bond acceptors (Lipinski definition) is 9. The Kier molecular flexibility index (Phi) is 6.52. The number of benzene rings is 1. The fourth-order valence-electron chi connectivity index (χ4n) is 2.55. The Labute approximate surface area is 194 Å². The molecule has 10 radical (unpaired) electrons. The summed E-state index contributed by atoms with van der Waals surface area (Å²) in [6, 6.07) is 0. The van der Waals surface area contributed by atoms with Gasteiger partial charge in [0.1, 0.15) is 29.4 Å². The molecular formula is C12H6B5BrFN7O5S. The van der Waals surface area contributed by atoms with Crippen LogP contribution in [0.1, 0.15) is 0 Å². The van der Waals surface area contributed by atoms with Gasteiger partial charge in [-0.1, -0.05) is 21.5 Å². The van der Waals surface area contributed by atoms with E-state index in [-0.39, 0.29) is 38.4 Å². The van der Waals surface area contributed by atoms with Gasteiger partial charge in [0.25, 0.3) is 10.2 Å². The van der Waals surface area contributed by atoms with Crippen molar-refractivity contribution in [3.63, 3.8) is 0 Å². The van der Waals surface area contributed by atoms with Crippen LogP contribution in [0.15, 0.2) is 18.4 Å². The van der Waals surface area contributed by atoms with Gasteiger partial charge in [-0.05, 0) is 31.6 Å². The third-order valence-corrected chi connectivity index (χ3v) is 5.32. The van der Waals surface area contributed by atoms with E-state index in [0.29, 0.717) is 0 Å². The van der Waals surface area contributed by atoms with Crippen LogP contribution in [0.4, 0.5) is 10.2 Å². The Bertz CT molecular complexity index is 1330. The molecule has 0 aliphatic carbocycles. The number of nitrogens with one attached hydrogen (secondary N) is 2. The molecule has 3 aromatic rings. The molecule has 154 valence electrons. The van der Waals surface area contributed by atoms with E-state index in [9.17, 15) is 17.6 Å². The lowest BCUT2D eigenvalue weighted by molar-refractivity contribution is 0.309. The van der Waals surface area contributed by atoms with Crippen molar-refractivity contribution < 1.29 is 22.0 Å². The van der Waals surface area contributed by atoms with Crippen molar-refractivity contribution >= 4 is 87.6 Å². The lowest BCUT2D eigenvalue weighted by Gasteiger charge is -2.25. The minimum absolute atomic E-state index is 0.199. The molecule has 0 spiro atoms. The number of anilines is 1. The molecule has 0 aliphatic rings. The van der Waals surface area contributed by atoms with Crippen LogP contribution >= 0.6 is 15.9 Å². The van der Waals surface area contributed by atoms with Crippen molar-refractivity contribution in [1.82, 2.24) is 24.8 Å². The molecule has 0 fully saturated rings. The quantitative estimate of drug-likeness (QED) is 0.263. The third kappa shape index (κ3) is 4.72. The van der Waals surface area contributed by atoms with Crippen LogP contribution in [0.25, 0.3) is 17.2 Å². The summed E-state index contributed by atoms with van der Waals surface area (Å²) in [5.74, 6) is -2.57. The monoisotopic (exact) mass is 513 g/mol. The molecular weight excluding hydrogens is 507 g/mol. The van der Waals surface area contributed by atoms with Gasteiger partial charge in [0.15, 0.2) is 5.69 Å². The minimum Gasteiger partial charge on any atom is -0.365 e. The summed E-state index contributed by atoms with van der Waals surface area (Å²) >= 11 is 2.93. The van der Waals surface area contributed by atoms with Gasteiger partial charge in [-0.25, -0.2) is 28.2 Å². The van der Waals surface area contributed by atoms with E-state index in [2.05, 4.69) is 45.9 Å². The van der Waals surface area contributed by atoms with Gasteiger partial charge in [-0.15, -0.1) is 0 Å². The maximum atomic E-state index is 14.2. The Balaban J connectivity index is 2.07. The van der Waals surface area contributed by atoms with Crippen LogP contribution in [0.5, 0.6) is 0 Å². The van der Waals surface area contributed by atoms with Crippen molar-refractivity contribution in [3.8, 4) is 17.2 Å². The molecule has 12 nitrogen and oxygen atoms in total. The van der Waals surface area contributed by atoms with Crippen LogP contribution in [-0.2, 0) is 10.2 Å². The summed E-state index contributed by atoms with van der Waals surface area (Å²) in [6.07, 6.45) is 0. The lowest BCUT2D eigenvalue weighted by atomic mass is 9.63. The maximum absolute atomic E-state index is 14.2. The van der Waals surface area contributed by atoms with E-state index in [1.165, 1.54) is 0 Å².